The van der Waals surface area contributed by atoms with Crippen LogP contribution in [0.3, 0.4) is 0 Å². The number of nitrogens with zero attached hydrogens (tertiary/aromatic N) is 1. The van der Waals surface area contributed by atoms with Gasteiger partial charge in [-0.3, -0.25) is 4.90 Å². The van der Waals surface area contributed by atoms with E-state index in [2.05, 4.69) is 67.2 Å². The molecule has 0 fully saturated rings. The lowest BCUT2D eigenvalue weighted by Crippen LogP contribution is -2.53. The molecule has 0 rings (SSSR count). The second kappa shape index (κ2) is 4.45. The molecular formula is C14H31N. The summed E-state index contributed by atoms with van der Waals surface area (Å²) in [5.41, 5.74) is 0.932. The molecule has 0 aliphatic rings. The first-order chi connectivity index (χ1) is 6.34. The predicted octanol–water partition coefficient (Wildman–Crippen LogP) is 4.32. The Kier molecular flexibility index (Phi) is 4.44. The van der Waals surface area contributed by atoms with Crippen LogP contribution in [0.15, 0.2) is 0 Å². The summed E-state index contributed by atoms with van der Waals surface area (Å²) in [4.78, 5) is 2.60. The van der Waals surface area contributed by atoms with E-state index >= 15 is 0 Å². The summed E-state index contributed by atoms with van der Waals surface area (Å²) in [6.45, 7) is 22.0. The van der Waals surface area contributed by atoms with Crippen molar-refractivity contribution < 1.29 is 0 Å². The molecule has 0 unspecified atom stereocenters. The summed E-state index contributed by atoms with van der Waals surface area (Å²) in [5, 5.41) is 0. The highest BCUT2D eigenvalue weighted by Gasteiger charge is 2.31. The molecule has 0 aromatic heterocycles. The molecule has 0 aromatic rings. The number of rotatable bonds is 2. The Hall–Kier alpha value is -0.0400. The van der Waals surface area contributed by atoms with E-state index in [0.717, 1.165) is 0 Å². The molecule has 1 heteroatoms. The van der Waals surface area contributed by atoms with Crippen molar-refractivity contribution in [2.75, 3.05) is 6.54 Å². The minimum atomic E-state index is 0.253. The largest absolute Gasteiger partial charge is 0.294 e. The van der Waals surface area contributed by atoms with E-state index in [1.54, 1.807) is 0 Å². The van der Waals surface area contributed by atoms with Crippen LogP contribution in [0.25, 0.3) is 0 Å². The molecular weight excluding hydrogens is 182 g/mol. The Bertz CT molecular complexity index is 171. The SMILES string of the molecule is CC(C)(C)CCN(C(C)(C)C)C(C)(C)C. The molecule has 0 atom stereocenters. The van der Waals surface area contributed by atoms with E-state index in [1.807, 2.05) is 0 Å². The lowest BCUT2D eigenvalue weighted by Gasteiger charge is -2.46. The minimum absolute atomic E-state index is 0.253. The monoisotopic (exact) mass is 213 g/mol. The molecule has 0 aromatic carbocycles. The van der Waals surface area contributed by atoms with Gasteiger partial charge in [-0.25, -0.2) is 0 Å². The molecule has 0 N–H and O–H groups in total. The van der Waals surface area contributed by atoms with E-state index < -0.39 is 0 Å². The molecule has 0 saturated carbocycles. The second-order valence-corrected chi connectivity index (χ2v) is 7.80. The number of hydrogen-bond donors (Lipinski definition) is 0. The Balaban J connectivity index is 4.56. The third-order valence-electron chi connectivity index (χ3n) is 2.70. The van der Waals surface area contributed by atoms with Gasteiger partial charge in [0.05, 0.1) is 0 Å². The molecule has 92 valence electrons. The summed E-state index contributed by atoms with van der Waals surface area (Å²) >= 11 is 0. The van der Waals surface area contributed by atoms with Gasteiger partial charge in [-0.2, -0.15) is 0 Å². The van der Waals surface area contributed by atoms with Crippen molar-refractivity contribution in [3.05, 3.63) is 0 Å². The van der Waals surface area contributed by atoms with Crippen LogP contribution < -0.4 is 0 Å². The fraction of sp³-hybridized carbons (Fsp3) is 1.00. The van der Waals surface area contributed by atoms with Crippen LogP contribution in [0, 0.1) is 5.41 Å². The zero-order valence-corrected chi connectivity index (χ0v) is 12.4. The fourth-order valence-corrected chi connectivity index (χ4v) is 2.12. The summed E-state index contributed by atoms with van der Waals surface area (Å²) in [6, 6.07) is 0. The van der Waals surface area contributed by atoms with Gasteiger partial charge in [0, 0.05) is 11.1 Å². The first-order valence-corrected chi connectivity index (χ1v) is 6.12. The zero-order valence-electron chi connectivity index (χ0n) is 12.4. The van der Waals surface area contributed by atoms with E-state index in [4.69, 9.17) is 0 Å². The maximum Gasteiger partial charge on any atom is 0.0130 e. The third kappa shape index (κ3) is 6.19. The Morgan fingerprint density at radius 2 is 1.00 bits per heavy atom. The molecule has 0 bridgehead atoms. The van der Waals surface area contributed by atoms with Crippen LogP contribution in [0.1, 0.15) is 68.7 Å². The van der Waals surface area contributed by atoms with Crippen LogP contribution in [-0.4, -0.2) is 22.5 Å². The molecule has 0 radical (unpaired) electrons. The van der Waals surface area contributed by atoms with Crippen LogP contribution in [0.2, 0.25) is 0 Å². The van der Waals surface area contributed by atoms with Crippen LogP contribution in [0.5, 0.6) is 0 Å². The van der Waals surface area contributed by atoms with E-state index in [-0.39, 0.29) is 11.1 Å². The quantitative estimate of drug-likeness (QED) is 0.660. The topological polar surface area (TPSA) is 3.24 Å². The van der Waals surface area contributed by atoms with Gasteiger partial charge in [0.2, 0.25) is 0 Å². The Labute approximate surface area is 97.2 Å². The zero-order chi connectivity index (χ0) is 12.5. The molecule has 0 heterocycles. The summed E-state index contributed by atoms with van der Waals surface area (Å²) < 4.78 is 0. The second-order valence-electron chi connectivity index (χ2n) is 7.80. The first kappa shape index (κ1) is 15.0. The van der Waals surface area contributed by atoms with Gasteiger partial charge in [-0.1, -0.05) is 20.8 Å². The lowest BCUT2D eigenvalue weighted by atomic mass is 9.89. The fourth-order valence-electron chi connectivity index (χ4n) is 2.12. The molecule has 15 heavy (non-hydrogen) atoms. The van der Waals surface area contributed by atoms with Crippen molar-refractivity contribution in [2.24, 2.45) is 5.41 Å². The van der Waals surface area contributed by atoms with Crippen LogP contribution >= 0.6 is 0 Å². The molecule has 1 nitrogen and oxygen atoms in total. The van der Waals surface area contributed by atoms with Crippen molar-refractivity contribution in [1.82, 2.24) is 4.90 Å². The highest BCUT2D eigenvalue weighted by molar-refractivity contribution is 4.87. The van der Waals surface area contributed by atoms with Crippen molar-refractivity contribution in [3.63, 3.8) is 0 Å². The minimum Gasteiger partial charge on any atom is -0.294 e. The van der Waals surface area contributed by atoms with Gasteiger partial charge in [-0.15, -0.1) is 0 Å². The maximum absolute atomic E-state index is 2.60. The first-order valence-electron chi connectivity index (χ1n) is 6.12. The van der Waals surface area contributed by atoms with E-state index in [9.17, 15) is 0 Å². The highest BCUT2D eigenvalue weighted by Crippen LogP contribution is 2.28. The van der Waals surface area contributed by atoms with Crippen molar-refractivity contribution in [3.8, 4) is 0 Å². The average Bonchev–Trinajstić information content (AvgIpc) is 1.75. The van der Waals surface area contributed by atoms with Crippen molar-refractivity contribution >= 4 is 0 Å². The normalized spacial score (nSPS) is 14.8. The summed E-state index contributed by atoms with van der Waals surface area (Å²) in [7, 11) is 0. The van der Waals surface area contributed by atoms with Crippen molar-refractivity contribution in [1.29, 1.82) is 0 Å². The predicted molar refractivity (Wildman–Crippen MR) is 70.3 cm³/mol. The highest BCUT2D eigenvalue weighted by atomic mass is 15.2. The lowest BCUT2D eigenvalue weighted by molar-refractivity contribution is 0.0285. The van der Waals surface area contributed by atoms with Gasteiger partial charge < -0.3 is 0 Å². The van der Waals surface area contributed by atoms with E-state index in [0.29, 0.717) is 5.41 Å². The summed E-state index contributed by atoms with van der Waals surface area (Å²) in [6.07, 6.45) is 1.25. The summed E-state index contributed by atoms with van der Waals surface area (Å²) in [5.74, 6) is 0. The average molecular weight is 213 g/mol. The van der Waals surface area contributed by atoms with Gasteiger partial charge in [0.15, 0.2) is 0 Å². The molecule has 0 aliphatic heterocycles. The van der Waals surface area contributed by atoms with E-state index in [1.165, 1.54) is 13.0 Å². The molecule has 0 amide bonds. The smallest absolute Gasteiger partial charge is 0.0130 e. The molecule has 0 aliphatic carbocycles. The van der Waals surface area contributed by atoms with Crippen molar-refractivity contribution in [2.45, 2.75) is 79.8 Å². The molecule has 0 saturated heterocycles. The standard InChI is InChI=1S/C14H31N/c1-12(2,3)10-11-15(13(4,5)6)14(7,8)9/h10-11H2,1-9H3. The number of hydrogen-bond acceptors (Lipinski definition) is 1. The van der Waals surface area contributed by atoms with Gasteiger partial charge in [0.1, 0.15) is 0 Å². The molecule has 0 spiro atoms. The maximum atomic E-state index is 2.60. The van der Waals surface area contributed by atoms with Crippen LogP contribution in [0.4, 0.5) is 0 Å². The van der Waals surface area contributed by atoms with Gasteiger partial charge in [0.25, 0.3) is 0 Å². The van der Waals surface area contributed by atoms with Crippen LogP contribution in [-0.2, 0) is 0 Å². The Morgan fingerprint density at radius 1 is 0.667 bits per heavy atom. The third-order valence-corrected chi connectivity index (χ3v) is 2.70. The van der Waals surface area contributed by atoms with Gasteiger partial charge in [-0.05, 0) is 59.9 Å². The van der Waals surface area contributed by atoms with Gasteiger partial charge >= 0.3 is 0 Å². The Morgan fingerprint density at radius 3 is 1.20 bits per heavy atom.